The lowest BCUT2D eigenvalue weighted by Crippen LogP contribution is -2.57. The number of nitrogens with one attached hydrogen (secondary N) is 4. The zero-order valence-corrected chi connectivity index (χ0v) is 22.2. The van der Waals surface area contributed by atoms with Crippen LogP contribution in [0.4, 0.5) is 0 Å². The Bertz CT molecular complexity index is 881. The van der Waals surface area contributed by atoms with Gasteiger partial charge in [0.15, 0.2) is 0 Å². The lowest BCUT2D eigenvalue weighted by molar-refractivity contribution is -0.137. The number of amides is 4. The number of aliphatic carboxylic acids is 1. The van der Waals surface area contributed by atoms with E-state index in [1.165, 1.54) is 18.7 Å². The zero-order chi connectivity index (χ0) is 27.1. The maximum absolute atomic E-state index is 13.3. The number of hydrogen-bond donors (Lipinski definition) is 5. The Balaban J connectivity index is 3.03. The first-order valence-corrected chi connectivity index (χ1v) is 13.3. The topological polar surface area (TPSA) is 154 Å². The van der Waals surface area contributed by atoms with Crippen molar-refractivity contribution in [2.75, 3.05) is 18.6 Å². The number of thioether (sulfide) groups is 1. The van der Waals surface area contributed by atoms with Crippen LogP contribution in [0, 0.1) is 5.92 Å². The molecular weight excluding hydrogens is 484 g/mol. The Morgan fingerprint density at radius 3 is 2.06 bits per heavy atom. The van der Waals surface area contributed by atoms with Gasteiger partial charge in [0.1, 0.15) is 18.1 Å². The first-order chi connectivity index (χ1) is 17.0. The van der Waals surface area contributed by atoms with E-state index in [0.717, 1.165) is 5.56 Å². The van der Waals surface area contributed by atoms with Crippen molar-refractivity contribution in [3.05, 3.63) is 35.9 Å². The fourth-order valence-electron chi connectivity index (χ4n) is 3.47. The second kappa shape index (κ2) is 16.6. The molecule has 0 radical (unpaired) electrons. The van der Waals surface area contributed by atoms with Crippen molar-refractivity contribution in [2.45, 2.75) is 64.6 Å². The van der Waals surface area contributed by atoms with Gasteiger partial charge in [-0.25, -0.2) is 0 Å². The average Bonchev–Trinajstić information content (AvgIpc) is 2.80. The van der Waals surface area contributed by atoms with Gasteiger partial charge in [-0.2, -0.15) is 11.8 Å². The van der Waals surface area contributed by atoms with Gasteiger partial charge in [-0.3, -0.25) is 24.0 Å². The lowest BCUT2D eigenvalue weighted by Gasteiger charge is -2.26. The highest BCUT2D eigenvalue weighted by Crippen LogP contribution is 2.09. The molecule has 3 atom stereocenters. The van der Waals surface area contributed by atoms with Gasteiger partial charge in [0.05, 0.1) is 6.42 Å². The molecule has 0 fully saturated rings. The van der Waals surface area contributed by atoms with E-state index >= 15 is 0 Å². The molecule has 0 aromatic heterocycles. The van der Waals surface area contributed by atoms with Gasteiger partial charge in [0.25, 0.3) is 0 Å². The molecule has 0 aliphatic carbocycles. The predicted molar refractivity (Wildman–Crippen MR) is 139 cm³/mol. The van der Waals surface area contributed by atoms with Crippen LogP contribution in [0.1, 0.15) is 45.6 Å². The molecular formula is C25H38N4O6S. The van der Waals surface area contributed by atoms with E-state index in [9.17, 15) is 24.0 Å². The summed E-state index contributed by atoms with van der Waals surface area (Å²) in [5, 5.41) is 19.5. The van der Waals surface area contributed by atoms with Crippen molar-refractivity contribution >= 4 is 41.4 Å². The van der Waals surface area contributed by atoms with Gasteiger partial charge in [-0.05, 0) is 36.3 Å². The molecule has 0 spiro atoms. The summed E-state index contributed by atoms with van der Waals surface area (Å²) in [6.07, 6.45) is 2.57. The second-order valence-corrected chi connectivity index (χ2v) is 9.90. The number of carboxylic acid groups (broad SMARTS) is 1. The Labute approximate surface area is 216 Å². The van der Waals surface area contributed by atoms with Crippen LogP contribution in [0.3, 0.4) is 0 Å². The SMILES string of the molecule is CSCC[C@H](NC(C)=O)C(=O)N[C@@H](CC(C)C)C(=O)N[C@@H](Cc1ccccc1)C(=O)NCCC(=O)O. The number of benzene rings is 1. The largest absolute Gasteiger partial charge is 0.481 e. The van der Waals surface area contributed by atoms with Gasteiger partial charge in [-0.15, -0.1) is 0 Å². The third-order valence-electron chi connectivity index (χ3n) is 5.20. The van der Waals surface area contributed by atoms with Gasteiger partial charge in [0, 0.05) is 19.9 Å². The Kier molecular flexibility index (Phi) is 14.2. The summed E-state index contributed by atoms with van der Waals surface area (Å²) < 4.78 is 0. The van der Waals surface area contributed by atoms with Gasteiger partial charge in [-0.1, -0.05) is 44.2 Å². The average molecular weight is 523 g/mol. The smallest absolute Gasteiger partial charge is 0.305 e. The molecule has 0 saturated carbocycles. The molecule has 5 N–H and O–H groups in total. The zero-order valence-electron chi connectivity index (χ0n) is 21.3. The Hall–Kier alpha value is -3.08. The molecule has 1 aromatic carbocycles. The predicted octanol–water partition coefficient (Wildman–Crippen LogP) is 1.09. The van der Waals surface area contributed by atoms with E-state index in [1.54, 1.807) is 0 Å². The van der Waals surface area contributed by atoms with E-state index < -0.39 is 41.8 Å². The van der Waals surface area contributed by atoms with E-state index in [1.807, 2.05) is 50.4 Å². The van der Waals surface area contributed by atoms with Crippen LogP contribution >= 0.6 is 11.8 Å². The monoisotopic (exact) mass is 522 g/mol. The molecule has 0 aliphatic heterocycles. The third kappa shape index (κ3) is 12.6. The van der Waals surface area contributed by atoms with Crippen LogP contribution in [0.25, 0.3) is 0 Å². The second-order valence-electron chi connectivity index (χ2n) is 8.91. The summed E-state index contributed by atoms with van der Waals surface area (Å²) in [7, 11) is 0. The van der Waals surface area contributed by atoms with E-state index in [-0.39, 0.29) is 31.2 Å². The van der Waals surface area contributed by atoms with Crippen molar-refractivity contribution in [3.8, 4) is 0 Å². The summed E-state index contributed by atoms with van der Waals surface area (Å²) in [5.41, 5.74) is 0.809. The van der Waals surface area contributed by atoms with Gasteiger partial charge in [0.2, 0.25) is 23.6 Å². The minimum absolute atomic E-state index is 0.0587. The maximum atomic E-state index is 13.3. The third-order valence-corrected chi connectivity index (χ3v) is 5.84. The van der Waals surface area contributed by atoms with Crippen molar-refractivity contribution in [1.29, 1.82) is 0 Å². The molecule has 200 valence electrons. The molecule has 0 heterocycles. The number of carbonyl (C=O) groups excluding carboxylic acids is 4. The molecule has 0 unspecified atom stereocenters. The fourth-order valence-corrected chi connectivity index (χ4v) is 3.94. The van der Waals surface area contributed by atoms with Crippen molar-refractivity contribution in [1.82, 2.24) is 21.3 Å². The van der Waals surface area contributed by atoms with Crippen molar-refractivity contribution < 1.29 is 29.1 Å². The van der Waals surface area contributed by atoms with Crippen LogP contribution in [0.15, 0.2) is 30.3 Å². The maximum Gasteiger partial charge on any atom is 0.305 e. The first kappa shape index (κ1) is 31.0. The normalized spacial score (nSPS) is 13.2. The summed E-state index contributed by atoms with van der Waals surface area (Å²) in [5.74, 6) is -2.20. The quantitative estimate of drug-likeness (QED) is 0.218. The molecule has 0 saturated heterocycles. The minimum atomic E-state index is -1.05. The molecule has 10 nitrogen and oxygen atoms in total. The van der Waals surface area contributed by atoms with E-state index in [2.05, 4.69) is 21.3 Å². The Morgan fingerprint density at radius 2 is 1.50 bits per heavy atom. The number of carbonyl (C=O) groups is 5. The summed E-state index contributed by atoms with van der Waals surface area (Å²) in [6.45, 7) is 5.07. The van der Waals surface area contributed by atoms with E-state index in [0.29, 0.717) is 18.6 Å². The van der Waals surface area contributed by atoms with Gasteiger partial charge >= 0.3 is 5.97 Å². The Morgan fingerprint density at radius 1 is 0.889 bits per heavy atom. The lowest BCUT2D eigenvalue weighted by atomic mass is 10.0. The fraction of sp³-hybridized carbons (Fsp3) is 0.560. The van der Waals surface area contributed by atoms with Crippen LogP contribution in [-0.4, -0.2) is 71.4 Å². The van der Waals surface area contributed by atoms with Crippen LogP contribution in [-0.2, 0) is 30.4 Å². The van der Waals surface area contributed by atoms with Crippen LogP contribution in [0.2, 0.25) is 0 Å². The van der Waals surface area contributed by atoms with E-state index in [4.69, 9.17) is 5.11 Å². The molecule has 36 heavy (non-hydrogen) atoms. The molecule has 4 amide bonds. The number of rotatable bonds is 16. The first-order valence-electron chi connectivity index (χ1n) is 11.9. The molecule has 0 bridgehead atoms. The van der Waals surface area contributed by atoms with Crippen LogP contribution in [0.5, 0.6) is 0 Å². The summed E-state index contributed by atoms with van der Waals surface area (Å²) >= 11 is 1.54. The molecule has 0 aliphatic rings. The van der Waals surface area contributed by atoms with Crippen molar-refractivity contribution in [3.63, 3.8) is 0 Å². The van der Waals surface area contributed by atoms with Gasteiger partial charge < -0.3 is 26.4 Å². The van der Waals surface area contributed by atoms with Crippen LogP contribution < -0.4 is 21.3 Å². The molecule has 1 rings (SSSR count). The highest BCUT2D eigenvalue weighted by molar-refractivity contribution is 7.98. The summed E-state index contributed by atoms with van der Waals surface area (Å²) in [6, 6.07) is 6.43. The summed E-state index contributed by atoms with van der Waals surface area (Å²) in [4.78, 5) is 61.4. The standard InChI is InChI=1S/C25H38N4O6S/c1-16(2)14-20(28-24(34)19(11-13-36-4)27-17(3)30)25(35)29-21(15-18-8-6-5-7-9-18)23(33)26-12-10-22(31)32/h5-9,16,19-21H,10-15H2,1-4H3,(H,26,33)(H,27,30)(H,28,34)(H,29,35)(H,31,32)/t19-,20-,21-/m0/s1. The molecule has 11 heteroatoms. The minimum Gasteiger partial charge on any atom is -0.481 e. The number of carboxylic acids is 1. The van der Waals surface area contributed by atoms with Crippen molar-refractivity contribution in [2.24, 2.45) is 5.92 Å². The molecule has 1 aromatic rings. The number of hydrogen-bond acceptors (Lipinski definition) is 6. The highest BCUT2D eigenvalue weighted by Gasteiger charge is 2.30. The highest BCUT2D eigenvalue weighted by atomic mass is 32.2.